The van der Waals surface area contributed by atoms with Crippen LogP contribution in [0.3, 0.4) is 0 Å². The Morgan fingerprint density at radius 3 is 2.26 bits per heavy atom. The lowest BCUT2D eigenvalue weighted by molar-refractivity contribution is 0.0260. The monoisotopic (exact) mass is 274 g/mol. The first-order valence-corrected chi connectivity index (χ1v) is 6.91. The molecule has 0 aliphatic heterocycles. The number of rotatable bonds is 7. The predicted octanol–water partition coefficient (Wildman–Crippen LogP) is 1.85. The van der Waals surface area contributed by atoms with Gasteiger partial charge < -0.3 is 20.1 Å². The molecule has 1 amide bonds. The number of aliphatic hydroxyl groups excluding tert-OH is 1. The molecule has 5 nitrogen and oxygen atoms in total. The zero-order chi connectivity index (χ0) is 15.1. The molecule has 114 valence electrons. The quantitative estimate of drug-likeness (QED) is 0.696. The fourth-order valence-electron chi connectivity index (χ4n) is 1.40. The second-order valence-corrected chi connectivity index (χ2v) is 6.56. The van der Waals surface area contributed by atoms with E-state index in [0.29, 0.717) is 19.6 Å². The van der Waals surface area contributed by atoms with Crippen LogP contribution in [0.1, 0.15) is 41.5 Å². The summed E-state index contributed by atoms with van der Waals surface area (Å²) in [6, 6.07) is 0. The molecule has 0 spiro atoms. The summed E-state index contributed by atoms with van der Waals surface area (Å²) in [6.45, 7) is 14.3. The summed E-state index contributed by atoms with van der Waals surface area (Å²) >= 11 is 0. The molecule has 0 aromatic carbocycles. The van der Waals surface area contributed by atoms with Crippen molar-refractivity contribution >= 4 is 6.09 Å². The Hall–Kier alpha value is -0.810. The Morgan fingerprint density at radius 1 is 1.26 bits per heavy atom. The molecule has 0 bridgehead atoms. The number of nitrogens with one attached hydrogen (secondary N) is 1. The molecule has 0 aliphatic carbocycles. The summed E-state index contributed by atoms with van der Waals surface area (Å²) in [5.74, 6) is 0. The summed E-state index contributed by atoms with van der Waals surface area (Å²) in [4.78, 5) is 13.5. The topological polar surface area (TPSA) is 61.8 Å². The lowest BCUT2D eigenvalue weighted by atomic mass is 9.95. The second kappa shape index (κ2) is 7.70. The van der Waals surface area contributed by atoms with Crippen molar-refractivity contribution < 1.29 is 14.6 Å². The number of carbonyl (C=O) groups excluding carboxylic acids is 1. The van der Waals surface area contributed by atoms with E-state index in [2.05, 4.69) is 5.32 Å². The van der Waals surface area contributed by atoms with Gasteiger partial charge in [-0.15, -0.1) is 0 Å². The average Bonchev–Trinajstić information content (AvgIpc) is 2.26. The number of likely N-dealkylation sites (N-methyl/N-ethyl adjacent to an activating group) is 1. The van der Waals surface area contributed by atoms with Gasteiger partial charge in [0.15, 0.2) is 0 Å². The third-order valence-corrected chi connectivity index (χ3v) is 2.62. The Kier molecular flexibility index (Phi) is 7.37. The van der Waals surface area contributed by atoms with Gasteiger partial charge in [-0.05, 0) is 27.7 Å². The minimum absolute atomic E-state index is 0.136. The van der Waals surface area contributed by atoms with Crippen LogP contribution in [0.15, 0.2) is 0 Å². The van der Waals surface area contributed by atoms with Gasteiger partial charge in [0.1, 0.15) is 5.60 Å². The molecule has 0 aliphatic rings. The highest BCUT2D eigenvalue weighted by Crippen LogP contribution is 2.11. The van der Waals surface area contributed by atoms with Gasteiger partial charge in [0.05, 0.1) is 0 Å². The number of carbonyl (C=O) groups is 1. The normalized spacial score (nSPS) is 12.4. The molecule has 0 unspecified atom stereocenters. The number of hydrogen-bond acceptors (Lipinski definition) is 4. The van der Waals surface area contributed by atoms with Crippen LogP contribution in [-0.2, 0) is 4.74 Å². The van der Waals surface area contributed by atoms with Crippen molar-refractivity contribution in [3.63, 3.8) is 0 Å². The van der Waals surface area contributed by atoms with Crippen molar-refractivity contribution in [3.05, 3.63) is 0 Å². The van der Waals surface area contributed by atoms with E-state index in [0.717, 1.165) is 6.54 Å². The molecule has 2 N–H and O–H groups in total. The van der Waals surface area contributed by atoms with Gasteiger partial charge in [-0.1, -0.05) is 13.8 Å². The van der Waals surface area contributed by atoms with E-state index < -0.39 is 5.60 Å². The van der Waals surface area contributed by atoms with Crippen molar-refractivity contribution in [1.29, 1.82) is 0 Å². The van der Waals surface area contributed by atoms with Crippen molar-refractivity contribution in [2.24, 2.45) is 5.41 Å². The van der Waals surface area contributed by atoms with E-state index >= 15 is 0 Å². The van der Waals surface area contributed by atoms with Gasteiger partial charge in [-0.2, -0.15) is 0 Å². The molecule has 5 heteroatoms. The van der Waals surface area contributed by atoms with Gasteiger partial charge in [0.2, 0.25) is 0 Å². The molecule has 0 aromatic heterocycles. The van der Waals surface area contributed by atoms with Crippen molar-refractivity contribution in [2.45, 2.75) is 47.1 Å². The highest BCUT2D eigenvalue weighted by molar-refractivity contribution is 5.68. The smallest absolute Gasteiger partial charge is 0.410 e. The molecule has 0 saturated heterocycles. The largest absolute Gasteiger partial charge is 0.444 e. The maximum absolute atomic E-state index is 11.9. The molecule has 19 heavy (non-hydrogen) atoms. The van der Waals surface area contributed by atoms with Crippen LogP contribution in [0.5, 0.6) is 0 Å². The van der Waals surface area contributed by atoms with Crippen molar-refractivity contribution in [3.8, 4) is 0 Å². The molecule has 0 radical (unpaired) electrons. The average molecular weight is 274 g/mol. The first-order chi connectivity index (χ1) is 8.61. The van der Waals surface area contributed by atoms with Gasteiger partial charge in [0.25, 0.3) is 0 Å². The van der Waals surface area contributed by atoms with Crippen LogP contribution in [0.25, 0.3) is 0 Å². The zero-order valence-electron chi connectivity index (χ0n) is 13.2. The Balaban J connectivity index is 4.04. The van der Waals surface area contributed by atoms with E-state index in [1.807, 2.05) is 41.5 Å². The summed E-state index contributed by atoms with van der Waals surface area (Å²) < 4.78 is 5.33. The fourth-order valence-corrected chi connectivity index (χ4v) is 1.40. The third-order valence-electron chi connectivity index (χ3n) is 2.62. The summed E-state index contributed by atoms with van der Waals surface area (Å²) in [5, 5.41) is 12.4. The maximum Gasteiger partial charge on any atom is 0.410 e. The first-order valence-electron chi connectivity index (χ1n) is 6.91. The van der Waals surface area contributed by atoms with Crippen LogP contribution in [0.2, 0.25) is 0 Å². The number of amides is 1. The lowest BCUT2D eigenvalue weighted by Gasteiger charge is -2.27. The molecule has 0 heterocycles. The fraction of sp³-hybridized carbons (Fsp3) is 0.929. The minimum atomic E-state index is -0.461. The summed E-state index contributed by atoms with van der Waals surface area (Å²) in [6.07, 6.45) is -0.279. The van der Waals surface area contributed by atoms with E-state index in [1.165, 1.54) is 0 Å². The molecular formula is C14H30N2O3. The summed E-state index contributed by atoms with van der Waals surface area (Å²) in [7, 11) is 0. The lowest BCUT2D eigenvalue weighted by Crippen LogP contribution is -2.42. The van der Waals surface area contributed by atoms with Crippen LogP contribution < -0.4 is 5.32 Å². The molecule has 0 atom stereocenters. The molecule has 0 fully saturated rings. The van der Waals surface area contributed by atoms with Gasteiger partial charge >= 0.3 is 6.09 Å². The molecule has 0 saturated carbocycles. The number of hydrogen-bond donors (Lipinski definition) is 2. The highest BCUT2D eigenvalue weighted by atomic mass is 16.6. The first kappa shape index (κ1) is 18.2. The van der Waals surface area contributed by atoms with Gasteiger partial charge in [-0.25, -0.2) is 4.79 Å². The van der Waals surface area contributed by atoms with Crippen LogP contribution in [-0.4, -0.2) is 54.5 Å². The minimum Gasteiger partial charge on any atom is -0.444 e. The number of ether oxygens (including phenoxy) is 1. The number of nitrogens with zero attached hydrogens (tertiary/aromatic N) is 1. The third kappa shape index (κ3) is 8.83. The van der Waals surface area contributed by atoms with Crippen LogP contribution in [0.4, 0.5) is 4.79 Å². The van der Waals surface area contributed by atoms with E-state index in [1.54, 1.807) is 4.90 Å². The van der Waals surface area contributed by atoms with E-state index in [-0.39, 0.29) is 18.1 Å². The highest BCUT2D eigenvalue weighted by Gasteiger charge is 2.21. The summed E-state index contributed by atoms with van der Waals surface area (Å²) in [5.41, 5.74) is -0.597. The molecule has 0 rings (SSSR count). The molecule has 0 aromatic rings. The van der Waals surface area contributed by atoms with Crippen molar-refractivity contribution in [1.82, 2.24) is 10.2 Å². The second-order valence-electron chi connectivity index (χ2n) is 6.56. The Morgan fingerprint density at radius 2 is 1.84 bits per heavy atom. The van der Waals surface area contributed by atoms with Crippen LogP contribution >= 0.6 is 0 Å². The molecular weight excluding hydrogens is 244 g/mol. The van der Waals surface area contributed by atoms with Crippen molar-refractivity contribution in [2.75, 3.05) is 32.8 Å². The predicted molar refractivity (Wildman–Crippen MR) is 77.2 cm³/mol. The standard InChI is InChI=1S/C14H30N2O3/c1-7-16(12(18)19-13(2,3)4)9-8-15-10-14(5,6)11-17/h15,17H,7-11H2,1-6H3. The number of aliphatic hydroxyl groups is 1. The van der Waals surface area contributed by atoms with Gasteiger partial charge in [0, 0.05) is 38.2 Å². The zero-order valence-corrected chi connectivity index (χ0v) is 13.2. The Bertz CT molecular complexity index is 272. The van der Waals surface area contributed by atoms with Crippen LogP contribution in [0, 0.1) is 5.41 Å². The Labute approximate surface area is 117 Å². The maximum atomic E-state index is 11.9. The van der Waals surface area contributed by atoms with Gasteiger partial charge in [-0.3, -0.25) is 0 Å². The SMILES string of the molecule is CCN(CCNCC(C)(C)CO)C(=O)OC(C)(C)C. The van der Waals surface area contributed by atoms with E-state index in [4.69, 9.17) is 9.84 Å². The van der Waals surface area contributed by atoms with E-state index in [9.17, 15) is 4.79 Å².